The van der Waals surface area contributed by atoms with Crippen LogP contribution in [0.1, 0.15) is 33.1 Å². The minimum absolute atomic E-state index is 0.139. The Bertz CT molecular complexity index is 1260. The normalized spacial score (nSPS) is 15.1. The molecule has 4 rings (SSSR count). The van der Waals surface area contributed by atoms with Gasteiger partial charge in [0.2, 0.25) is 5.91 Å². The number of hydrogen-bond acceptors (Lipinski definition) is 3. The summed E-state index contributed by atoms with van der Waals surface area (Å²) in [4.78, 5) is 30.2. The molecule has 1 fully saturated rings. The summed E-state index contributed by atoms with van der Waals surface area (Å²) in [6.45, 7) is 10.7. The monoisotopic (exact) mass is 500 g/mol. The number of fused-ring (bicyclic) bond motifs is 1. The zero-order chi connectivity index (χ0) is 24.4. The molecule has 3 aromatic rings. The topological polar surface area (TPSA) is 50.5 Å². The van der Waals surface area contributed by atoms with Gasteiger partial charge in [-0.15, -0.1) is 0 Å². The van der Waals surface area contributed by atoms with Crippen LogP contribution in [-0.4, -0.2) is 45.6 Å². The summed E-state index contributed by atoms with van der Waals surface area (Å²) in [5, 5.41) is 0.831. The lowest BCUT2D eigenvalue weighted by molar-refractivity contribution is -0.119. The molecule has 1 saturated heterocycles. The van der Waals surface area contributed by atoms with Gasteiger partial charge in [-0.1, -0.05) is 54.9 Å². The van der Waals surface area contributed by atoms with E-state index in [0.717, 1.165) is 43.7 Å². The van der Waals surface area contributed by atoms with E-state index in [1.807, 2.05) is 42.2 Å². The van der Waals surface area contributed by atoms with E-state index in [-0.39, 0.29) is 17.6 Å². The lowest BCUT2D eigenvalue weighted by atomic mass is 10.0. The van der Waals surface area contributed by atoms with Crippen LogP contribution in [0.3, 0.4) is 0 Å². The number of aromatic nitrogens is 2. The van der Waals surface area contributed by atoms with E-state index in [4.69, 9.17) is 23.2 Å². The average molecular weight is 501 g/mol. The fraction of sp³-hybridized carbons (Fsp3) is 0.385. The summed E-state index contributed by atoms with van der Waals surface area (Å²) >= 11 is 12.5. The number of carbonyl (C=O) groups excluding carboxylic acids is 1. The molecular formula is C26H30Cl2N4O2. The standard InChI is InChI=1S/C26H30Cl2N4O2/c1-4-25(33)32(19-8-6-5-7-9-19)20-10-12-29(13-11-20)14-15-30-23-16-21(27)22(28)17-24(23)31(18(2)3)26(30)34/h5-9,16-17,20H,2,4,10-15H2,1,3H3. The summed E-state index contributed by atoms with van der Waals surface area (Å²) in [5.41, 5.74) is 2.92. The van der Waals surface area contributed by atoms with Crippen LogP contribution in [0.4, 0.5) is 5.69 Å². The van der Waals surface area contributed by atoms with E-state index < -0.39 is 0 Å². The maximum atomic E-state index is 13.1. The molecule has 180 valence electrons. The molecule has 8 heteroatoms. The quantitative estimate of drug-likeness (QED) is 0.429. The van der Waals surface area contributed by atoms with E-state index in [2.05, 4.69) is 11.5 Å². The number of para-hydroxylation sites is 1. The Balaban J connectivity index is 1.48. The van der Waals surface area contributed by atoms with E-state index in [0.29, 0.717) is 34.2 Å². The van der Waals surface area contributed by atoms with Gasteiger partial charge in [0.05, 0.1) is 21.1 Å². The van der Waals surface area contributed by atoms with Crippen molar-refractivity contribution in [1.82, 2.24) is 14.0 Å². The number of benzene rings is 2. The highest BCUT2D eigenvalue weighted by molar-refractivity contribution is 6.42. The minimum atomic E-state index is -0.139. The number of rotatable bonds is 7. The summed E-state index contributed by atoms with van der Waals surface area (Å²) < 4.78 is 3.33. The molecule has 1 aliphatic heterocycles. The first kappa shape index (κ1) is 24.6. The Morgan fingerprint density at radius 2 is 1.68 bits per heavy atom. The van der Waals surface area contributed by atoms with Crippen LogP contribution in [0, 0.1) is 0 Å². The van der Waals surface area contributed by atoms with Crippen LogP contribution in [0.25, 0.3) is 16.7 Å². The molecule has 1 aliphatic rings. The molecule has 0 spiro atoms. The van der Waals surface area contributed by atoms with Crippen molar-refractivity contribution in [2.24, 2.45) is 0 Å². The molecule has 6 nitrogen and oxygen atoms in total. The molecule has 2 heterocycles. The van der Waals surface area contributed by atoms with Crippen molar-refractivity contribution in [2.75, 3.05) is 24.5 Å². The van der Waals surface area contributed by atoms with Gasteiger partial charge < -0.3 is 9.80 Å². The molecule has 0 atom stereocenters. The first-order valence-corrected chi connectivity index (χ1v) is 12.4. The molecule has 0 N–H and O–H groups in total. The van der Waals surface area contributed by atoms with Gasteiger partial charge in [-0.25, -0.2) is 4.79 Å². The van der Waals surface area contributed by atoms with E-state index in [1.165, 1.54) is 0 Å². The Morgan fingerprint density at radius 3 is 2.26 bits per heavy atom. The number of anilines is 1. The van der Waals surface area contributed by atoms with Crippen molar-refractivity contribution in [1.29, 1.82) is 0 Å². The number of piperidine rings is 1. The molecule has 34 heavy (non-hydrogen) atoms. The van der Waals surface area contributed by atoms with Crippen molar-refractivity contribution < 1.29 is 4.79 Å². The van der Waals surface area contributed by atoms with E-state index in [9.17, 15) is 9.59 Å². The lowest BCUT2D eigenvalue weighted by Crippen LogP contribution is -2.48. The Labute approximate surface area is 210 Å². The zero-order valence-corrected chi connectivity index (χ0v) is 21.1. The lowest BCUT2D eigenvalue weighted by Gasteiger charge is -2.38. The van der Waals surface area contributed by atoms with Crippen molar-refractivity contribution in [3.8, 4) is 0 Å². The molecule has 0 aliphatic carbocycles. The minimum Gasteiger partial charge on any atom is -0.309 e. The van der Waals surface area contributed by atoms with Crippen LogP contribution in [0.15, 0.2) is 53.8 Å². The number of nitrogens with zero attached hydrogens (tertiary/aromatic N) is 4. The molecule has 2 aromatic carbocycles. The summed E-state index contributed by atoms with van der Waals surface area (Å²) in [6.07, 6.45) is 2.27. The third-order valence-electron chi connectivity index (χ3n) is 6.52. The largest absolute Gasteiger partial charge is 0.333 e. The Hall–Kier alpha value is -2.54. The van der Waals surface area contributed by atoms with E-state index >= 15 is 0 Å². The predicted octanol–water partition coefficient (Wildman–Crippen LogP) is 5.51. The van der Waals surface area contributed by atoms with Gasteiger partial charge in [0.25, 0.3) is 0 Å². The smallest absolute Gasteiger partial charge is 0.309 e. The van der Waals surface area contributed by atoms with Crippen LogP contribution >= 0.6 is 23.2 Å². The highest BCUT2D eigenvalue weighted by Crippen LogP contribution is 2.29. The molecule has 0 saturated carbocycles. The van der Waals surface area contributed by atoms with Crippen molar-refractivity contribution in [3.63, 3.8) is 0 Å². The van der Waals surface area contributed by atoms with Crippen molar-refractivity contribution >= 4 is 51.5 Å². The molecular weight excluding hydrogens is 471 g/mol. The second-order valence-electron chi connectivity index (χ2n) is 8.79. The number of hydrogen-bond donors (Lipinski definition) is 0. The number of carbonyl (C=O) groups is 1. The SMILES string of the molecule is C=C(C)n1c(=O)n(CCN2CCC(N(C(=O)CC)c3ccccc3)CC2)c2cc(Cl)c(Cl)cc21. The first-order chi connectivity index (χ1) is 16.3. The van der Waals surface area contributed by atoms with Gasteiger partial charge >= 0.3 is 5.69 Å². The first-order valence-electron chi connectivity index (χ1n) is 11.7. The van der Waals surface area contributed by atoms with Crippen LogP contribution in [0.5, 0.6) is 0 Å². The third-order valence-corrected chi connectivity index (χ3v) is 7.24. The summed E-state index contributed by atoms with van der Waals surface area (Å²) in [5.74, 6) is 0.152. The fourth-order valence-electron chi connectivity index (χ4n) is 4.79. The van der Waals surface area contributed by atoms with Gasteiger partial charge in [0, 0.05) is 50.0 Å². The second-order valence-corrected chi connectivity index (χ2v) is 9.60. The number of amides is 1. The Kier molecular flexibility index (Phi) is 7.51. The van der Waals surface area contributed by atoms with Gasteiger partial charge in [0.15, 0.2) is 0 Å². The van der Waals surface area contributed by atoms with Crippen molar-refractivity contribution in [3.05, 3.63) is 69.6 Å². The van der Waals surface area contributed by atoms with Crippen molar-refractivity contribution in [2.45, 2.75) is 45.7 Å². The van der Waals surface area contributed by atoms with Gasteiger partial charge in [0.1, 0.15) is 0 Å². The highest BCUT2D eigenvalue weighted by Gasteiger charge is 2.28. The summed E-state index contributed by atoms with van der Waals surface area (Å²) in [6, 6.07) is 13.6. The maximum Gasteiger partial charge on any atom is 0.333 e. The molecule has 0 radical (unpaired) electrons. The molecule has 0 bridgehead atoms. The average Bonchev–Trinajstić information content (AvgIpc) is 3.09. The van der Waals surface area contributed by atoms with Gasteiger partial charge in [-0.05, 0) is 44.0 Å². The Morgan fingerprint density at radius 1 is 1.06 bits per heavy atom. The summed E-state index contributed by atoms with van der Waals surface area (Å²) in [7, 11) is 0. The van der Waals surface area contributed by atoms with Crippen LogP contribution < -0.4 is 10.6 Å². The zero-order valence-electron chi connectivity index (χ0n) is 19.6. The van der Waals surface area contributed by atoms with Crippen LogP contribution in [-0.2, 0) is 11.3 Å². The number of likely N-dealkylation sites (tertiary alicyclic amines) is 1. The molecule has 1 amide bonds. The van der Waals surface area contributed by atoms with Gasteiger partial charge in [-0.2, -0.15) is 0 Å². The second kappa shape index (κ2) is 10.4. The highest BCUT2D eigenvalue weighted by atomic mass is 35.5. The molecule has 0 unspecified atom stereocenters. The van der Waals surface area contributed by atoms with Gasteiger partial charge in [-0.3, -0.25) is 13.9 Å². The maximum absolute atomic E-state index is 13.1. The number of imidazole rings is 1. The molecule has 1 aromatic heterocycles. The van der Waals surface area contributed by atoms with E-state index in [1.54, 1.807) is 28.2 Å². The number of allylic oxidation sites excluding steroid dienone is 1. The predicted molar refractivity (Wildman–Crippen MR) is 141 cm³/mol. The number of halogens is 2. The fourth-order valence-corrected chi connectivity index (χ4v) is 5.11. The third kappa shape index (κ3) is 4.81. The van der Waals surface area contributed by atoms with Crippen LogP contribution in [0.2, 0.25) is 10.0 Å².